The van der Waals surface area contributed by atoms with E-state index in [1.165, 1.54) is 0 Å². The summed E-state index contributed by atoms with van der Waals surface area (Å²) in [5.74, 6) is 0.126. The van der Waals surface area contributed by atoms with Gasteiger partial charge in [-0.25, -0.2) is 0 Å². The van der Waals surface area contributed by atoms with E-state index in [1.807, 2.05) is 6.07 Å². The number of anilines is 1. The van der Waals surface area contributed by atoms with E-state index in [0.29, 0.717) is 12.3 Å². The van der Waals surface area contributed by atoms with Crippen molar-refractivity contribution >= 4 is 14.0 Å². The maximum atomic E-state index is 9.52. The lowest BCUT2D eigenvalue weighted by atomic mass is 10.2. The molecule has 3 nitrogen and oxygen atoms in total. The van der Waals surface area contributed by atoms with Crippen LogP contribution in [0.5, 0.6) is 5.75 Å². The van der Waals surface area contributed by atoms with Crippen molar-refractivity contribution in [3.63, 3.8) is 0 Å². The minimum atomic E-state index is -1.73. The van der Waals surface area contributed by atoms with Crippen LogP contribution in [0.1, 0.15) is 26.3 Å². The molecule has 0 unspecified atom stereocenters. The molecule has 0 heterocycles. The number of benzene rings is 1. The zero-order valence-corrected chi connectivity index (χ0v) is 12.4. The molecule has 3 N–H and O–H groups in total. The monoisotopic (exact) mass is 253 g/mol. The first-order valence-electron chi connectivity index (χ1n) is 5.85. The van der Waals surface area contributed by atoms with Gasteiger partial charge in [0.05, 0.1) is 12.3 Å². The van der Waals surface area contributed by atoms with Gasteiger partial charge in [-0.15, -0.1) is 0 Å². The highest BCUT2D eigenvalue weighted by atomic mass is 28.4. The minimum absolute atomic E-state index is 0.126. The molecule has 0 bridgehead atoms. The number of nitrogen functional groups attached to an aromatic ring is 1. The fraction of sp³-hybridized carbons (Fsp3) is 0.538. The Morgan fingerprint density at radius 3 is 2.35 bits per heavy atom. The van der Waals surface area contributed by atoms with E-state index < -0.39 is 8.32 Å². The SMILES string of the molecule is CC(C)(C)[Si](C)(C)OCc1ccc(N)c(O)c1. The van der Waals surface area contributed by atoms with Crippen LogP contribution in [0, 0.1) is 0 Å². The van der Waals surface area contributed by atoms with E-state index in [9.17, 15) is 5.11 Å². The Hall–Kier alpha value is -1.00. The van der Waals surface area contributed by atoms with Crippen LogP contribution in [0.4, 0.5) is 5.69 Å². The normalized spacial score (nSPS) is 12.8. The Kier molecular flexibility index (Phi) is 3.89. The number of phenols is 1. The molecule has 0 aliphatic heterocycles. The van der Waals surface area contributed by atoms with Crippen LogP contribution in [0.2, 0.25) is 18.1 Å². The first-order valence-corrected chi connectivity index (χ1v) is 8.75. The number of phenolic OH excluding ortho intramolecular Hbond substituents is 1. The number of hydrogen-bond acceptors (Lipinski definition) is 3. The van der Waals surface area contributed by atoms with E-state index in [2.05, 4.69) is 33.9 Å². The summed E-state index contributed by atoms with van der Waals surface area (Å²) in [7, 11) is -1.73. The summed E-state index contributed by atoms with van der Waals surface area (Å²) in [4.78, 5) is 0. The van der Waals surface area contributed by atoms with Gasteiger partial charge in [-0.05, 0) is 35.8 Å². The third kappa shape index (κ3) is 3.48. The summed E-state index contributed by atoms with van der Waals surface area (Å²) in [6.07, 6.45) is 0. The van der Waals surface area contributed by atoms with E-state index in [1.54, 1.807) is 12.1 Å². The topological polar surface area (TPSA) is 55.5 Å². The Morgan fingerprint density at radius 2 is 1.88 bits per heavy atom. The second kappa shape index (κ2) is 4.70. The predicted octanol–water partition coefficient (Wildman–Crippen LogP) is 3.50. The van der Waals surface area contributed by atoms with Gasteiger partial charge in [0.2, 0.25) is 0 Å². The molecule has 96 valence electrons. The van der Waals surface area contributed by atoms with Crippen LogP contribution in [0.25, 0.3) is 0 Å². The van der Waals surface area contributed by atoms with Crippen molar-refractivity contribution < 1.29 is 9.53 Å². The average Bonchev–Trinajstić information content (AvgIpc) is 2.18. The molecule has 1 rings (SSSR count). The Morgan fingerprint density at radius 1 is 1.29 bits per heavy atom. The largest absolute Gasteiger partial charge is 0.506 e. The number of aromatic hydroxyl groups is 1. The lowest BCUT2D eigenvalue weighted by Gasteiger charge is -2.36. The molecule has 0 radical (unpaired) electrons. The number of rotatable bonds is 3. The fourth-order valence-electron chi connectivity index (χ4n) is 1.16. The zero-order chi connectivity index (χ0) is 13.3. The molecule has 0 fully saturated rings. The summed E-state index contributed by atoms with van der Waals surface area (Å²) in [6, 6.07) is 5.27. The summed E-state index contributed by atoms with van der Waals surface area (Å²) >= 11 is 0. The third-order valence-corrected chi connectivity index (χ3v) is 7.98. The van der Waals surface area contributed by atoms with Crippen LogP contribution >= 0.6 is 0 Å². The second-order valence-electron chi connectivity index (χ2n) is 5.94. The highest BCUT2D eigenvalue weighted by molar-refractivity contribution is 6.74. The molecule has 0 atom stereocenters. The van der Waals surface area contributed by atoms with Gasteiger partial charge in [0, 0.05) is 0 Å². The third-order valence-electron chi connectivity index (χ3n) is 3.50. The quantitative estimate of drug-likeness (QED) is 0.492. The summed E-state index contributed by atoms with van der Waals surface area (Å²) in [6.45, 7) is 11.6. The Balaban J connectivity index is 2.71. The van der Waals surface area contributed by atoms with Crippen molar-refractivity contribution in [2.45, 2.75) is 45.5 Å². The van der Waals surface area contributed by atoms with Gasteiger partial charge in [0.15, 0.2) is 8.32 Å². The summed E-state index contributed by atoms with van der Waals surface area (Å²) in [5.41, 5.74) is 6.92. The predicted molar refractivity (Wildman–Crippen MR) is 74.5 cm³/mol. The fourth-order valence-corrected chi connectivity index (χ4v) is 2.12. The molecule has 0 amide bonds. The molecule has 1 aromatic carbocycles. The van der Waals surface area contributed by atoms with E-state index >= 15 is 0 Å². The Bertz CT molecular complexity index is 397. The summed E-state index contributed by atoms with van der Waals surface area (Å²) < 4.78 is 6.06. The van der Waals surface area contributed by atoms with Gasteiger partial charge in [-0.2, -0.15) is 0 Å². The van der Waals surface area contributed by atoms with E-state index in [-0.39, 0.29) is 10.8 Å². The van der Waals surface area contributed by atoms with E-state index in [4.69, 9.17) is 10.2 Å². The molecule has 1 aromatic rings. The van der Waals surface area contributed by atoms with Crippen molar-refractivity contribution in [2.24, 2.45) is 0 Å². The van der Waals surface area contributed by atoms with Gasteiger partial charge < -0.3 is 15.3 Å². The first kappa shape index (κ1) is 14.1. The van der Waals surface area contributed by atoms with Crippen molar-refractivity contribution in [2.75, 3.05) is 5.73 Å². The van der Waals surface area contributed by atoms with Gasteiger partial charge >= 0.3 is 0 Å². The molecule has 0 spiro atoms. The molecular formula is C13H23NO2Si. The van der Waals surface area contributed by atoms with Crippen LogP contribution in [0.3, 0.4) is 0 Å². The van der Waals surface area contributed by atoms with Crippen molar-refractivity contribution in [3.05, 3.63) is 23.8 Å². The highest BCUT2D eigenvalue weighted by Crippen LogP contribution is 2.37. The zero-order valence-electron chi connectivity index (χ0n) is 11.4. The molecule has 17 heavy (non-hydrogen) atoms. The average molecular weight is 253 g/mol. The highest BCUT2D eigenvalue weighted by Gasteiger charge is 2.36. The van der Waals surface area contributed by atoms with Crippen molar-refractivity contribution in [3.8, 4) is 5.75 Å². The maximum absolute atomic E-state index is 9.52. The van der Waals surface area contributed by atoms with Crippen LogP contribution in [0.15, 0.2) is 18.2 Å². The molecule has 0 saturated heterocycles. The molecule has 0 aliphatic rings. The molecule has 4 heteroatoms. The van der Waals surface area contributed by atoms with Crippen LogP contribution in [-0.4, -0.2) is 13.4 Å². The first-order chi connectivity index (χ1) is 7.63. The van der Waals surface area contributed by atoms with Gasteiger partial charge in [0.25, 0.3) is 0 Å². The second-order valence-corrected chi connectivity index (χ2v) is 10.8. The van der Waals surface area contributed by atoms with E-state index in [0.717, 1.165) is 5.56 Å². The minimum Gasteiger partial charge on any atom is -0.506 e. The van der Waals surface area contributed by atoms with Crippen molar-refractivity contribution in [1.82, 2.24) is 0 Å². The van der Waals surface area contributed by atoms with Gasteiger partial charge in [0.1, 0.15) is 5.75 Å². The van der Waals surface area contributed by atoms with Crippen molar-refractivity contribution in [1.29, 1.82) is 0 Å². The maximum Gasteiger partial charge on any atom is 0.192 e. The summed E-state index contributed by atoms with van der Waals surface area (Å²) in [5, 5.41) is 9.72. The lowest BCUT2D eigenvalue weighted by molar-refractivity contribution is 0.276. The molecule has 0 aromatic heterocycles. The van der Waals surface area contributed by atoms with Gasteiger partial charge in [-0.1, -0.05) is 26.8 Å². The number of hydrogen-bond donors (Lipinski definition) is 2. The molecule has 0 aliphatic carbocycles. The molecule has 0 saturated carbocycles. The number of nitrogens with two attached hydrogens (primary N) is 1. The van der Waals surface area contributed by atoms with Crippen LogP contribution in [-0.2, 0) is 11.0 Å². The standard InChI is InChI=1S/C13H23NO2Si/c1-13(2,3)17(4,5)16-9-10-6-7-11(14)12(15)8-10/h6-8,15H,9,14H2,1-5H3. The lowest BCUT2D eigenvalue weighted by Crippen LogP contribution is -2.40. The molecular weight excluding hydrogens is 230 g/mol. The van der Waals surface area contributed by atoms with Crippen LogP contribution < -0.4 is 5.73 Å². The van der Waals surface area contributed by atoms with Gasteiger partial charge in [-0.3, -0.25) is 0 Å². The Labute approximate surface area is 105 Å². The smallest absolute Gasteiger partial charge is 0.192 e.